The molecular weight excluding hydrogens is 795 g/mol. The maximum Gasteiger partial charge on any atom is 0.206 e. The van der Waals surface area contributed by atoms with Gasteiger partial charge in [0.15, 0.2) is 0 Å². The summed E-state index contributed by atoms with van der Waals surface area (Å²) >= 11 is 0. The van der Waals surface area contributed by atoms with Crippen molar-refractivity contribution in [2.45, 2.75) is 12.8 Å². The number of rotatable bonds is 7. The van der Waals surface area contributed by atoms with Gasteiger partial charge in [0.1, 0.15) is 0 Å². The molecule has 0 bridgehead atoms. The summed E-state index contributed by atoms with van der Waals surface area (Å²) in [5.74, 6) is 0.676. The molecule has 1 N–H and O–H groups in total. The number of para-hydroxylation sites is 6. The molecule has 4 aromatic heterocycles. The van der Waals surface area contributed by atoms with Crippen molar-refractivity contribution >= 4 is 99.9 Å². The standard InChI is InChI=1S/C58H41N7/c1-59-57(64-53-29-15-9-23-45(53)47-35-39(31-33-55(47)64)62-49-25-11-5-19-41(49)42-20-6-12-26-50(42)62)61-58(60-37-38-17-3-2-4-18-38)65-54-30-16-10-24-46(54)48-36-40(32-34-56(48)65)63-51-27-13-7-21-43(51)44-22-8-14-28-52(44)63/h2-36,57H,1,37H2,(H,60,61). The summed E-state index contributed by atoms with van der Waals surface area (Å²) in [5, 5.41) is 13.3. The number of hydrogen-bond acceptors (Lipinski definition) is 2. The van der Waals surface area contributed by atoms with E-state index in [1.54, 1.807) is 0 Å². The van der Waals surface area contributed by atoms with E-state index in [-0.39, 0.29) is 0 Å². The smallest absolute Gasteiger partial charge is 0.206 e. The SMILES string of the molecule is C=NC(NC(=NCc1ccccc1)n1c2ccccc2c2cc(-n3c4ccccc4c4ccccc43)ccc21)n1c2ccccc2c2cc(-n3c4ccccc4c4ccccc43)ccc21. The molecule has 7 heteroatoms. The normalized spacial score (nSPS) is 12.8. The van der Waals surface area contributed by atoms with E-state index in [1.165, 1.54) is 43.6 Å². The van der Waals surface area contributed by atoms with Crippen LogP contribution in [-0.2, 0) is 6.54 Å². The molecular formula is C58H41N7. The van der Waals surface area contributed by atoms with Crippen molar-refractivity contribution < 1.29 is 0 Å². The lowest BCUT2D eigenvalue weighted by Gasteiger charge is -2.22. The Morgan fingerprint density at radius 1 is 0.400 bits per heavy atom. The molecule has 9 aromatic carbocycles. The molecule has 13 rings (SSSR count). The Hall–Kier alpha value is -8.68. The molecule has 308 valence electrons. The number of fused-ring (bicyclic) bond motifs is 12. The van der Waals surface area contributed by atoms with Crippen LogP contribution < -0.4 is 5.32 Å². The minimum Gasteiger partial charge on any atom is -0.316 e. The van der Waals surface area contributed by atoms with Gasteiger partial charge in [-0.05, 0) is 85.1 Å². The van der Waals surface area contributed by atoms with Crippen LogP contribution in [0.3, 0.4) is 0 Å². The van der Waals surface area contributed by atoms with E-state index < -0.39 is 6.29 Å². The van der Waals surface area contributed by atoms with E-state index in [9.17, 15) is 0 Å². The first-order valence-electron chi connectivity index (χ1n) is 22.1. The molecule has 4 heterocycles. The van der Waals surface area contributed by atoms with Crippen molar-refractivity contribution in [2.24, 2.45) is 9.98 Å². The zero-order valence-electron chi connectivity index (χ0n) is 35.4. The highest BCUT2D eigenvalue weighted by atomic mass is 15.4. The molecule has 65 heavy (non-hydrogen) atoms. The van der Waals surface area contributed by atoms with Crippen LogP contribution in [0.1, 0.15) is 11.9 Å². The average molecular weight is 836 g/mol. The Labute approximate surface area is 374 Å². The van der Waals surface area contributed by atoms with Gasteiger partial charge in [0.05, 0.1) is 50.7 Å². The molecule has 0 amide bonds. The van der Waals surface area contributed by atoms with Crippen LogP contribution in [0.2, 0.25) is 0 Å². The van der Waals surface area contributed by atoms with Crippen LogP contribution in [0.15, 0.2) is 222 Å². The minimum atomic E-state index is -0.612. The highest BCUT2D eigenvalue weighted by molar-refractivity contribution is 6.16. The molecule has 0 aliphatic carbocycles. The Morgan fingerprint density at radius 3 is 1.28 bits per heavy atom. The number of hydrogen-bond donors (Lipinski definition) is 1. The largest absolute Gasteiger partial charge is 0.316 e. The van der Waals surface area contributed by atoms with Crippen LogP contribution >= 0.6 is 0 Å². The van der Waals surface area contributed by atoms with Crippen LogP contribution in [0.4, 0.5) is 0 Å². The molecule has 1 atom stereocenters. The summed E-state index contributed by atoms with van der Waals surface area (Å²) in [5.41, 5.74) is 12.2. The van der Waals surface area contributed by atoms with E-state index in [1.807, 2.05) is 6.07 Å². The predicted octanol–water partition coefficient (Wildman–Crippen LogP) is 13.9. The summed E-state index contributed by atoms with van der Waals surface area (Å²) < 4.78 is 9.28. The summed E-state index contributed by atoms with van der Waals surface area (Å²) in [6.07, 6.45) is -0.612. The molecule has 0 spiro atoms. The van der Waals surface area contributed by atoms with Gasteiger partial charge in [-0.25, -0.2) is 4.99 Å². The van der Waals surface area contributed by atoms with E-state index in [0.29, 0.717) is 12.5 Å². The van der Waals surface area contributed by atoms with Gasteiger partial charge in [0.25, 0.3) is 0 Å². The zero-order chi connectivity index (χ0) is 43.0. The monoisotopic (exact) mass is 835 g/mol. The second-order valence-corrected chi connectivity index (χ2v) is 16.7. The minimum absolute atomic E-state index is 0.468. The quantitative estimate of drug-likeness (QED) is 0.126. The number of aromatic nitrogens is 4. The maximum atomic E-state index is 5.41. The third-order valence-electron chi connectivity index (χ3n) is 13.2. The van der Waals surface area contributed by atoms with Gasteiger partial charge in [0, 0.05) is 54.5 Å². The highest BCUT2D eigenvalue weighted by Gasteiger charge is 2.23. The Kier molecular flexibility index (Phi) is 8.36. The van der Waals surface area contributed by atoms with Gasteiger partial charge >= 0.3 is 0 Å². The first-order chi connectivity index (χ1) is 32.2. The van der Waals surface area contributed by atoms with Crippen LogP contribution in [0, 0.1) is 0 Å². The lowest BCUT2D eigenvalue weighted by Crippen LogP contribution is -2.36. The second-order valence-electron chi connectivity index (χ2n) is 16.7. The molecule has 0 fully saturated rings. The molecule has 0 aliphatic heterocycles. The van der Waals surface area contributed by atoms with Gasteiger partial charge in [-0.2, -0.15) is 0 Å². The lowest BCUT2D eigenvalue weighted by molar-refractivity contribution is 0.518. The summed E-state index contributed by atoms with van der Waals surface area (Å²) in [6.45, 7) is 4.69. The van der Waals surface area contributed by atoms with E-state index in [0.717, 1.165) is 60.5 Å². The van der Waals surface area contributed by atoms with E-state index >= 15 is 0 Å². The van der Waals surface area contributed by atoms with Crippen molar-refractivity contribution in [3.63, 3.8) is 0 Å². The second kappa shape index (κ2) is 14.7. The molecule has 1 unspecified atom stereocenters. The highest BCUT2D eigenvalue weighted by Crippen LogP contribution is 2.39. The fourth-order valence-electron chi connectivity index (χ4n) is 10.4. The molecule has 0 saturated carbocycles. The first kappa shape index (κ1) is 36.9. The number of nitrogens with zero attached hydrogens (tertiary/aromatic N) is 6. The van der Waals surface area contributed by atoms with Crippen molar-refractivity contribution in [1.29, 1.82) is 0 Å². The molecule has 0 radical (unpaired) electrons. The third kappa shape index (κ3) is 5.69. The number of benzene rings is 9. The van der Waals surface area contributed by atoms with Crippen LogP contribution in [-0.4, -0.2) is 30.9 Å². The maximum absolute atomic E-state index is 5.41. The third-order valence-corrected chi connectivity index (χ3v) is 13.2. The van der Waals surface area contributed by atoms with Crippen molar-refractivity contribution in [2.75, 3.05) is 0 Å². The predicted molar refractivity (Wildman–Crippen MR) is 272 cm³/mol. The number of nitrogens with one attached hydrogen (secondary N) is 1. The summed E-state index contributed by atoms with van der Waals surface area (Å²) in [7, 11) is 0. The van der Waals surface area contributed by atoms with Crippen molar-refractivity contribution in [3.8, 4) is 11.4 Å². The number of aliphatic imine (C=N–C) groups is 2. The Balaban J connectivity index is 0.987. The fraction of sp³-hybridized carbons (Fsp3) is 0.0345. The Bertz CT molecular complexity index is 3940. The summed E-state index contributed by atoms with van der Waals surface area (Å²) in [4.78, 5) is 10.3. The van der Waals surface area contributed by atoms with E-state index in [2.05, 4.69) is 237 Å². The van der Waals surface area contributed by atoms with Crippen molar-refractivity contribution in [3.05, 3.63) is 218 Å². The molecule has 7 nitrogen and oxygen atoms in total. The van der Waals surface area contributed by atoms with Gasteiger partial charge in [-0.3, -0.25) is 9.56 Å². The van der Waals surface area contributed by atoms with Crippen molar-refractivity contribution in [1.82, 2.24) is 23.6 Å². The van der Waals surface area contributed by atoms with Gasteiger partial charge in [-0.15, -0.1) is 0 Å². The molecule has 0 saturated heterocycles. The summed E-state index contributed by atoms with van der Waals surface area (Å²) in [6, 6.07) is 75.8. The zero-order valence-corrected chi connectivity index (χ0v) is 35.4. The molecule has 0 aliphatic rings. The first-order valence-corrected chi connectivity index (χ1v) is 22.1. The fourth-order valence-corrected chi connectivity index (χ4v) is 10.4. The topological polar surface area (TPSA) is 56.5 Å². The van der Waals surface area contributed by atoms with Gasteiger partial charge in [-0.1, -0.05) is 140 Å². The van der Waals surface area contributed by atoms with Gasteiger partial charge < -0.3 is 19.0 Å². The Morgan fingerprint density at radius 2 is 0.769 bits per heavy atom. The lowest BCUT2D eigenvalue weighted by atomic mass is 10.1. The average Bonchev–Trinajstić information content (AvgIpc) is 4.09. The van der Waals surface area contributed by atoms with E-state index in [4.69, 9.17) is 9.98 Å². The van der Waals surface area contributed by atoms with Crippen LogP contribution in [0.5, 0.6) is 0 Å². The molecule has 13 aromatic rings. The van der Waals surface area contributed by atoms with Crippen LogP contribution in [0.25, 0.3) is 98.6 Å². The van der Waals surface area contributed by atoms with Gasteiger partial charge in [0.2, 0.25) is 12.2 Å².